The molecular formula is C22H26N4O2. The highest BCUT2D eigenvalue weighted by molar-refractivity contribution is 5.94. The van der Waals surface area contributed by atoms with Crippen molar-refractivity contribution >= 4 is 5.91 Å². The number of amides is 1. The van der Waals surface area contributed by atoms with Gasteiger partial charge in [0, 0.05) is 30.1 Å². The van der Waals surface area contributed by atoms with E-state index in [1.807, 2.05) is 40.8 Å². The predicted octanol–water partition coefficient (Wildman–Crippen LogP) is 3.86. The summed E-state index contributed by atoms with van der Waals surface area (Å²) in [5, 5.41) is 4.50. The maximum atomic E-state index is 12.9. The third-order valence-electron chi connectivity index (χ3n) is 5.16. The zero-order valence-corrected chi connectivity index (χ0v) is 16.9. The van der Waals surface area contributed by atoms with Crippen molar-refractivity contribution < 1.29 is 9.21 Å². The Hall–Kier alpha value is -2.89. The molecule has 0 radical (unpaired) electrons. The van der Waals surface area contributed by atoms with Crippen LogP contribution in [0.3, 0.4) is 0 Å². The minimum atomic E-state index is 0.0393. The van der Waals surface area contributed by atoms with E-state index in [2.05, 4.69) is 36.9 Å². The van der Waals surface area contributed by atoms with Gasteiger partial charge in [-0.05, 0) is 37.6 Å². The second-order valence-corrected chi connectivity index (χ2v) is 7.84. The normalized spacial score (nSPS) is 13.8. The highest BCUT2D eigenvalue weighted by Crippen LogP contribution is 2.24. The van der Waals surface area contributed by atoms with Gasteiger partial charge in [0.15, 0.2) is 5.89 Å². The highest BCUT2D eigenvalue weighted by Gasteiger charge is 2.26. The molecule has 6 nitrogen and oxygen atoms in total. The molecule has 146 valence electrons. The van der Waals surface area contributed by atoms with Gasteiger partial charge in [-0.2, -0.15) is 5.10 Å². The smallest absolute Gasteiger partial charge is 0.254 e. The number of benzene rings is 1. The summed E-state index contributed by atoms with van der Waals surface area (Å²) in [4.78, 5) is 19.4. The standard InChI is InChI=1S/C22H26N4O2/c1-14(2)21-23-19-13-25(10-9-20(19)28-21)22(27)18-7-5-17(6-8-18)12-26-16(4)11-15(3)24-26/h5-8,11,14H,9-10,12-13H2,1-4H3. The summed E-state index contributed by atoms with van der Waals surface area (Å²) >= 11 is 0. The van der Waals surface area contributed by atoms with Crippen molar-refractivity contribution in [3.63, 3.8) is 0 Å². The van der Waals surface area contributed by atoms with Gasteiger partial charge in [0.1, 0.15) is 11.5 Å². The molecule has 4 rings (SSSR count). The first-order valence-electron chi connectivity index (χ1n) is 9.78. The van der Waals surface area contributed by atoms with Crippen LogP contribution in [-0.4, -0.2) is 32.1 Å². The summed E-state index contributed by atoms with van der Waals surface area (Å²) in [6.07, 6.45) is 0.719. The Kier molecular flexibility index (Phi) is 4.79. The van der Waals surface area contributed by atoms with Crippen molar-refractivity contribution in [2.75, 3.05) is 6.54 Å². The number of oxazole rings is 1. The van der Waals surface area contributed by atoms with E-state index in [0.717, 1.165) is 40.7 Å². The zero-order valence-electron chi connectivity index (χ0n) is 16.9. The van der Waals surface area contributed by atoms with E-state index in [4.69, 9.17) is 4.42 Å². The minimum Gasteiger partial charge on any atom is -0.445 e. The van der Waals surface area contributed by atoms with E-state index >= 15 is 0 Å². The quantitative estimate of drug-likeness (QED) is 0.692. The number of hydrogen-bond donors (Lipinski definition) is 0. The topological polar surface area (TPSA) is 64.2 Å². The third-order valence-corrected chi connectivity index (χ3v) is 5.16. The largest absolute Gasteiger partial charge is 0.445 e. The average Bonchev–Trinajstić information content (AvgIpc) is 3.24. The summed E-state index contributed by atoms with van der Waals surface area (Å²) in [5.41, 5.74) is 4.87. The molecule has 28 heavy (non-hydrogen) atoms. The molecule has 0 unspecified atom stereocenters. The molecule has 1 aliphatic heterocycles. The van der Waals surface area contributed by atoms with Crippen molar-refractivity contribution in [3.05, 3.63) is 70.2 Å². The maximum absolute atomic E-state index is 12.9. The van der Waals surface area contributed by atoms with Crippen LogP contribution in [0.1, 0.15) is 64.4 Å². The maximum Gasteiger partial charge on any atom is 0.254 e. The lowest BCUT2D eigenvalue weighted by Crippen LogP contribution is -2.35. The number of aryl methyl sites for hydroxylation is 2. The predicted molar refractivity (Wildman–Crippen MR) is 106 cm³/mol. The molecule has 0 N–H and O–H groups in total. The van der Waals surface area contributed by atoms with Crippen LogP contribution in [-0.2, 0) is 19.5 Å². The SMILES string of the molecule is Cc1cc(C)n(Cc2ccc(C(=O)N3CCc4oc(C(C)C)nc4C3)cc2)n1. The van der Waals surface area contributed by atoms with E-state index in [1.54, 1.807) is 0 Å². The average molecular weight is 378 g/mol. The number of rotatable bonds is 4. The lowest BCUT2D eigenvalue weighted by molar-refractivity contribution is 0.0728. The fourth-order valence-corrected chi connectivity index (χ4v) is 3.58. The van der Waals surface area contributed by atoms with Crippen molar-refractivity contribution in [2.24, 2.45) is 0 Å². The molecule has 0 bridgehead atoms. The molecule has 3 aromatic rings. The first-order valence-corrected chi connectivity index (χ1v) is 9.78. The molecule has 0 saturated heterocycles. The van der Waals surface area contributed by atoms with Gasteiger partial charge < -0.3 is 9.32 Å². The number of nitrogens with zero attached hydrogens (tertiary/aromatic N) is 4. The number of carbonyl (C=O) groups is 1. The molecule has 0 atom stereocenters. The molecule has 0 fully saturated rings. The van der Waals surface area contributed by atoms with Crippen LogP contribution in [0.25, 0.3) is 0 Å². The molecule has 0 saturated carbocycles. The highest BCUT2D eigenvalue weighted by atomic mass is 16.4. The first-order chi connectivity index (χ1) is 13.4. The molecule has 6 heteroatoms. The van der Waals surface area contributed by atoms with Crippen LogP contribution in [0, 0.1) is 13.8 Å². The Morgan fingerprint density at radius 2 is 1.96 bits per heavy atom. The summed E-state index contributed by atoms with van der Waals surface area (Å²) in [7, 11) is 0. The Morgan fingerprint density at radius 3 is 2.61 bits per heavy atom. The Balaban J connectivity index is 1.45. The van der Waals surface area contributed by atoms with Crippen LogP contribution < -0.4 is 0 Å². The van der Waals surface area contributed by atoms with Gasteiger partial charge in [-0.1, -0.05) is 26.0 Å². The number of hydrogen-bond acceptors (Lipinski definition) is 4. The molecule has 1 aliphatic rings. The van der Waals surface area contributed by atoms with Gasteiger partial charge in [-0.15, -0.1) is 0 Å². The molecule has 2 aromatic heterocycles. The number of fused-ring (bicyclic) bond motifs is 1. The molecular weight excluding hydrogens is 352 g/mol. The van der Waals surface area contributed by atoms with Gasteiger partial charge in [0.25, 0.3) is 5.91 Å². The lowest BCUT2D eigenvalue weighted by Gasteiger charge is -2.25. The van der Waals surface area contributed by atoms with Crippen LogP contribution in [0.5, 0.6) is 0 Å². The second-order valence-electron chi connectivity index (χ2n) is 7.84. The molecule has 0 aliphatic carbocycles. The van der Waals surface area contributed by atoms with E-state index in [-0.39, 0.29) is 11.8 Å². The molecule has 1 aromatic carbocycles. The monoisotopic (exact) mass is 378 g/mol. The van der Waals surface area contributed by atoms with E-state index in [0.29, 0.717) is 25.2 Å². The summed E-state index contributed by atoms with van der Waals surface area (Å²) in [5.74, 6) is 1.97. The summed E-state index contributed by atoms with van der Waals surface area (Å²) < 4.78 is 7.81. The van der Waals surface area contributed by atoms with Crippen molar-refractivity contribution in [2.45, 2.75) is 53.1 Å². The Bertz CT molecular complexity index is 998. The van der Waals surface area contributed by atoms with Crippen LogP contribution in [0.15, 0.2) is 34.7 Å². The van der Waals surface area contributed by atoms with Crippen molar-refractivity contribution in [3.8, 4) is 0 Å². The van der Waals surface area contributed by atoms with Gasteiger partial charge in [0.05, 0.1) is 18.8 Å². The molecule has 0 spiro atoms. The fourth-order valence-electron chi connectivity index (χ4n) is 3.58. The van der Waals surface area contributed by atoms with Gasteiger partial charge in [0.2, 0.25) is 0 Å². The second kappa shape index (κ2) is 7.26. The van der Waals surface area contributed by atoms with E-state index < -0.39 is 0 Å². The fraction of sp³-hybridized carbons (Fsp3) is 0.409. The van der Waals surface area contributed by atoms with Crippen molar-refractivity contribution in [1.82, 2.24) is 19.7 Å². The Morgan fingerprint density at radius 1 is 1.21 bits per heavy atom. The van der Waals surface area contributed by atoms with Gasteiger partial charge in [-0.3, -0.25) is 9.48 Å². The third kappa shape index (κ3) is 3.59. The lowest BCUT2D eigenvalue weighted by atomic mass is 10.1. The minimum absolute atomic E-state index is 0.0393. The molecule has 1 amide bonds. The van der Waals surface area contributed by atoms with Gasteiger partial charge in [-0.25, -0.2) is 4.98 Å². The van der Waals surface area contributed by atoms with Crippen LogP contribution in [0.4, 0.5) is 0 Å². The number of aromatic nitrogens is 3. The van der Waals surface area contributed by atoms with Gasteiger partial charge >= 0.3 is 0 Å². The van der Waals surface area contributed by atoms with E-state index in [9.17, 15) is 4.79 Å². The summed E-state index contributed by atoms with van der Waals surface area (Å²) in [6, 6.07) is 9.89. The first kappa shape index (κ1) is 18.5. The van der Waals surface area contributed by atoms with Crippen LogP contribution >= 0.6 is 0 Å². The molecule has 3 heterocycles. The van der Waals surface area contributed by atoms with Crippen molar-refractivity contribution in [1.29, 1.82) is 0 Å². The zero-order chi connectivity index (χ0) is 19.8. The van der Waals surface area contributed by atoms with E-state index in [1.165, 1.54) is 0 Å². The van der Waals surface area contributed by atoms with Crippen LogP contribution in [0.2, 0.25) is 0 Å². The summed E-state index contributed by atoms with van der Waals surface area (Å²) in [6.45, 7) is 10.1. The Labute approximate surface area is 165 Å². The number of carbonyl (C=O) groups excluding carboxylic acids is 1.